The lowest BCUT2D eigenvalue weighted by Crippen LogP contribution is -2.35. The molecule has 0 aliphatic carbocycles. The van der Waals surface area contributed by atoms with Crippen LogP contribution in [-0.2, 0) is 6.42 Å². The van der Waals surface area contributed by atoms with E-state index in [1.807, 2.05) is 12.1 Å². The fourth-order valence-corrected chi connectivity index (χ4v) is 2.15. The van der Waals surface area contributed by atoms with Gasteiger partial charge in [-0.25, -0.2) is 0 Å². The monoisotopic (exact) mass is 249 g/mol. The summed E-state index contributed by atoms with van der Waals surface area (Å²) in [4.78, 5) is 2.33. The van der Waals surface area contributed by atoms with Crippen LogP contribution >= 0.6 is 0 Å². The van der Waals surface area contributed by atoms with E-state index in [1.165, 1.54) is 5.56 Å². The van der Waals surface area contributed by atoms with E-state index in [0.717, 1.165) is 31.5 Å². The first-order valence-corrected chi connectivity index (χ1v) is 7.09. The van der Waals surface area contributed by atoms with Crippen LogP contribution in [0.25, 0.3) is 0 Å². The SMILES string of the molecule is CCCN(CC(O)c1ccc(CC)cc1)C(C)C. The summed E-state index contributed by atoms with van der Waals surface area (Å²) in [6.45, 7) is 10.5. The van der Waals surface area contributed by atoms with Crippen LogP contribution in [0.3, 0.4) is 0 Å². The van der Waals surface area contributed by atoms with Gasteiger partial charge in [0.15, 0.2) is 0 Å². The van der Waals surface area contributed by atoms with Crippen molar-refractivity contribution < 1.29 is 5.11 Å². The molecule has 1 rings (SSSR count). The third kappa shape index (κ3) is 4.43. The van der Waals surface area contributed by atoms with Crippen LogP contribution in [0.5, 0.6) is 0 Å². The van der Waals surface area contributed by atoms with E-state index in [0.29, 0.717) is 6.04 Å². The molecule has 0 saturated carbocycles. The molecule has 1 aromatic rings. The van der Waals surface area contributed by atoms with Gasteiger partial charge in [0.2, 0.25) is 0 Å². The first-order chi connectivity index (χ1) is 8.58. The van der Waals surface area contributed by atoms with Crippen LogP contribution in [0.2, 0.25) is 0 Å². The van der Waals surface area contributed by atoms with Gasteiger partial charge in [0.25, 0.3) is 0 Å². The van der Waals surface area contributed by atoms with Crippen molar-refractivity contribution in [1.82, 2.24) is 4.90 Å². The highest BCUT2D eigenvalue weighted by atomic mass is 16.3. The Hall–Kier alpha value is -0.860. The van der Waals surface area contributed by atoms with E-state index in [4.69, 9.17) is 0 Å². The van der Waals surface area contributed by atoms with Gasteiger partial charge in [-0.15, -0.1) is 0 Å². The third-order valence-electron chi connectivity index (χ3n) is 3.42. The summed E-state index contributed by atoms with van der Waals surface area (Å²) in [5.41, 5.74) is 2.34. The highest BCUT2D eigenvalue weighted by Crippen LogP contribution is 2.17. The van der Waals surface area contributed by atoms with Crippen molar-refractivity contribution in [3.63, 3.8) is 0 Å². The zero-order valence-corrected chi connectivity index (χ0v) is 12.2. The van der Waals surface area contributed by atoms with E-state index in [1.54, 1.807) is 0 Å². The van der Waals surface area contributed by atoms with E-state index in [9.17, 15) is 5.11 Å². The van der Waals surface area contributed by atoms with E-state index < -0.39 is 0 Å². The molecule has 18 heavy (non-hydrogen) atoms. The first kappa shape index (κ1) is 15.2. The minimum Gasteiger partial charge on any atom is -0.387 e. The molecule has 0 aliphatic rings. The molecule has 0 spiro atoms. The number of aliphatic hydroxyl groups excluding tert-OH is 1. The average molecular weight is 249 g/mol. The Morgan fingerprint density at radius 3 is 2.17 bits per heavy atom. The molecule has 1 atom stereocenters. The number of rotatable bonds is 7. The summed E-state index contributed by atoms with van der Waals surface area (Å²) in [5.74, 6) is 0. The first-order valence-electron chi connectivity index (χ1n) is 7.09. The van der Waals surface area contributed by atoms with Crippen molar-refractivity contribution in [3.05, 3.63) is 35.4 Å². The zero-order valence-electron chi connectivity index (χ0n) is 12.2. The minimum absolute atomic E-state index is 0.384. The van der Waals surface area contributed by atoms with Crippen molar-refractivity contribution in [1.29, 1.82) is 0 Å². The lowest BCUT2D eigenvalue weighted by molar-refractivity contribution is 0.0955. The molecule has 0 aromatic heterocycles. The van der Waals surface area contributed by atoms with Crippen molar-refractivity contribution in [2.75, 3.05) is 13.1 Å². The number of nitrogens with zero attached hydrogens (tertiary/aromatic N) is 1. The van der Waals surface area contributed by atoms with Gasteiger partial charge < -0.3 is 5.11 Å². The van der Waals surface area contributed by atoms with E-state index in [-0.39, 0.29) is 6.10 Å². The largest absolute Gasteiger partial charge is 0.387 e. The molecule has 2 nitrogen and oxygen atoms in total. The molecule has 0 radical (unpaired) electrons. The van der Waals surface area contributed by atoms with Crippen LogP contribution < -0.4 is 0 Å². The summed E-state index contributed by atoms with van der Waals surface area (Å²) in [6, 6.07) is 8.80. The lowest BCUT2D eigenvalue weighted by Gasteiger charge is -2.28. The standard InChI is InChI=1S/C16H27NO/c1-5-11-17(13(3)4)12-16(18)15-9-7-14(6-2)8-10-15/h7-10,13,16,18H,5-6,11-12H2,1-4H3. The second kappa shape index (κ2) is 7.55. The molecule has 0 fully saturated rings. The molecular weight excluding hydrogens is 222 g/mol. The molecular formula is C16H27NO. The maximum absolute atomic E-state index is 10.3. The number of hydrogen-bond acceptors (Lipinski definition) is 2. The Kier molecular flexibility index (Phi) is 6.37. The Labute approximate surface area is 112 Å². The second-order valence-corrected chi connectivity index (χ2v) is 5.20. The van der Waals surface area contributed by atoms with Crippen molar-refractivity contribution in [2.24, 2.45) is 0 Å². The lowest BCUT2D eigenvalue weighted by atomic mass is 10.0. The topological polar surface area (TPSA) is 23.5 Å². The maximum atomic E-state index is 10.3. The summed E-state index contributed by atoms with van der Waals surface area (Å²) in [7, 11) is 0. The fourth-order valence-electron chi connectivity index (χ4n) is 2.15. The normalized spacial score (nSPS) is 13.3. The molecule has 0 amide bonds. The maximum Gasteiger partial charge on any atom is 0.0917 e. The molecule has 102 valence electrons. The average Bonchev–Trinajstić information content (AvgIpc) is 2.38. The Bertz CT molecular complexity index is 331. The van der Waals surface area contributed by atoms with Crippen LogP contribution in [0, 0.1) is 0 Å². The van der Waals surface area contributed by atoms with Gasteiger partial charge in [-0.3, -0.25) is 4.90 Å². The predicted octanol–water partition coefficient (Wildman–Crippen LogP) is 3.40. The molecule has 0 aliphatic heterocycles. The molecule has 1 aromatic carbocycles. The van der Waals surface area contributed by atoms with Crippen LogP contribution in [0.1, 0.15) is 51.3 Å². The van der Waals surface area contributed by atoms with Gasteiger partial charge in [0, 0.05) is 12.6 Å². The smallest absolute Gasteiger partial charge is 0.0917 e. The Morgan fingerprint density at radius 1 is 1.11 bits per heavy atom. The summed E-state index contributed by atoms with van der Waals surface area (Å²) in [6.07, 6.45) is 1.79. The Morgan fingerprint density at radius 2 is 1.72 bits per heavy atom. The second-order valence-electron chi connectivity index (χ2n) is 5.20. The minimum atomic E-state index is -0.384. The molecule has 0 heterocycles. The molecule has 1 unspecified atom stereocenters. The Balaban J connectivity index is 2.64. The summed E-state index contributed by atoms with van der Waals surface area (Å²) in [5, 5.41) is 10.3. The zero-order chi connectivity index (χ0) is 13.5. The summed E-state index contributed by atoms with van der Waals surface area (Å²) >= 11 is 0. The van der Waals surface area contributed by atoms with Crippen LogP contribution in [0.4, 0.5) is 0 Å². The summed E-state index contributed by atoms with van der Waals surface area (Å²) < 4.78 is 0. The van der Waals surface area contributed by atoms with Gasteiger partial charge in [-0.1, -0.05) is 38.1 Å². The van der Waals surface area contributed by atoms with E-state index in [2.05, 4.69) is 44.7 Å². The molecule has 0 bridgehead atoms. The van der Waals surface area contributed by atoms with Crippen molar-refractivity contribution in [3.8, 4) is 0 Å². The third-order valence-corrected chi connectivity index (χ3v) is 3.42. The van der Waals surface area contributed by atoms with Crippen LogP contribution in [-0.4, -0.2) is 29.1 Å². The quantitative estimate of drug-likeness (QED) is 0.800. The van der Waals surface area contributed by atoms with Crippen LogP contribution in [0.15, 0.2) is 24.3 Å². The van der Waals surface area contributed by atoms with Crippen molar-refractivity contribution in [2.45, 2.75) is 52.7 Å². The van der Waals surface area contributed by atoms with Gasteiger partial charge in [0.1, 0.15) is 0 Å². The molecule has 0 saturated heterocycles. The van der Waals surface area contributed by atoms with Gasteiger partial charge in [-0.2, -0.15) is 0 Å². The fraction of sp³-hybridized carbons (Fsp3) is 0.625. The molecule has 2 heteroatoms. The number of hydrogen-bond donors (Lipinski definition) is 1. The number of benzene rings is 1. The number of aryl methyl sites for hydroxylation is 1. The van der Waals surface area contributed by atoms with Gasteiger partial charge >= 0.3 is 0 Å². The van der Waals surface area contributed by atoms with E-state index >= 15 is 0 Å². The highest BCUT2D eigenvalue weighted by molar-refractivity contribution is 5.24. The highest BCUT2D eigenvalue weighted by Gasteiger charge is 2.15. The van der Waals surface area contributed by atoms with Gasteiger partial charge in [0.05, 0.1) is 6.10 Å². The number of aliphatic hydroxyl groups is 1. The predicted molar refractivity (Wildman–Crippen MR) is 77.8 cm³/mol. The van der Waals surface area contributed by atoms with Crippen molar-refractivity contribution >= 4 is 0 Å². The van der Waals surface area contributed by atoms with Gasteiger partial charge in [-0.05, 0) is 44.4 Å². The molecule has 1 N–H and O–H groups in total.